The molecule has 3 rings (SSSR count). The Balaban J connectivity index is 1.40. The first-order valence-electron chi connectivity index (χ1n) is 9.99. The number of amides is 2. The van der Waals surface area contributed by atoms with Gasteiger partial charge in [-0.05, 0) is 12.1 Å². The molecule has 7 heteroatoms. The average molecular weight is 377 g/mol. The molecular weight excluding hydrogens is 344 g/mol. The van der Waals surface area contributed by atoms with Crippen LogP contribution in [-0.4, -0.2) is 76.2 Å². The van der Waals surface area contributed by atoms with Gasteiger partial charge in [0.2, 0.25) is 0 Å². The number of nitrogens with zero attached hydrogens (tertiary/aromatic N) is 1. The summed E-state index contributed by atoms with van der Waals surface area (Å²) in [5.41, 5.74) is 2.12. The predicted octanol–water partition coefficient (Wildman–Crippen LogP) is -1.82. The van der Waals surface area contributed by atoms with Crippen molar-refractivity contribution >= 4 is 17.5 Å². The highest BCUT2D eigenvalue weighted by molar-refractivity contribution is 5.91. The Morgan fingerprint density at radius 1 is 1.11 bits per heavy atom. The van der Waals surface area contributed by atoms with Crippen LogP contribution in [-0.2, 0) is 20.9 Å². The van der Waals surface area contributed by atoms with Gasteiger partial charge < -0.3 is 24.8 Å². The van der Waals surface area contributed by atoms with Crippen LogP contribution in [0.1, 0.15) is 18.4 Å². The Morgan fingerprint density at radius 3 is 2.44 bits per heavy atom. The Labute approximate surface area is 161 Å². The quantitative estimate of drug-likeness (QED) is 0.525. The number of hydrogen-bond acceptors (Lipinski definition) is 3. The van der Waals surface area contributed by atoms with E-state index in [1.165, 1.54) is 31.5 Å². The Kier molecular flexibility index (Phi) is 7.20. The van der Waals surface area contributed by atoms with Crippen LogP contribution in [0.15, 0.2) is 24.3 Å². The fourth-order valence-corrected chi connectivity index (χ4v) is 3.77. The van der Waals surface area contributed by atoms with Gasteiger partial charge in [0.15, 0.2) is 13.1 Å². The summed E-state index contributed by atoms with van der Waals surface area (Å²) in [7, 11) is 1.87. The molecule has 2 fully saturated rings. The summed E-state index contributed by atoms with van der Waals surface area (Å²) >= 11 is 0. The first-order chi connectivity index (χ1) is 13.1. The van der Waals surface area contributed by atoms with E-state index < -0.39 is 0 Å². The van der Waals surface area contributed by atoms with Gasteiger partial charge in [0.25, 0.3) is 11.8 Å². The van der Waals surface area contributed by atoms with E-state index >= 15 is 0 Å². The van der Waals surface area contributed by atoms with Gasteiger partial charge in [0.1, 0.15) is 6.54 Å². The van der Waals surface area contributed by atoms with Crippen LogP contribution in [0.4, 0.5) is 5.69 Å². The largest absolute Gasteiger partial charge is 0.378 e. The number of likely N-dealkylation sites (tertiary alicyclic amines) is 1. The summed E-state index contributed by atoms with van der Waals surface area (Å²) in [6.45, 7) is 6.66. The van der Waals surface area contributed by atoms with Crippen LogP contribution in [0.5, 0.6) is 0 Å². The van der Waals surface area contributed by atoms with Gasteiger partial charge in [0.05, 0.1) is 33.4 Å². The highest BCUT2D eigenvalue weighted by atomic mass is 16.5. The molecule has 1 unspecified atom stereocenters. The van der Waals surface area contributed by atoms with Crippen molar-refractivity contribution in [2.24, 2.45) is 0 Å². The van der Waals surface area contributed by atoms with Crippen LogP contribution in [0, 0.1) is 0 Å². The van der Waals surface area contributed by atoms with Crippen molar-refractivity contribution in [3.63, 3.8) is 0 Å². The second kappa shape index (κ2) is 9.82. The van der Waals surface area contributed by atoms with Gasteiger partial charge in [0, 0.05) is 37.2 Å². The Hall–Kier alpha value is -1.96. The van der Waals surface area contributed by atoms with Crippen molar-refractivity contribution in [3.05, 3.63) is 29.8 Å². The van der Waals surface area contributed by atoms with Gasteiger partial charge in [-0.3, -0.25) is 9.59 Å². The molecule has 2 heterocycles. The van der Waals surface area contributed by atoms with E-state index in [1.54, 1.807) is 4.90 Å². The first-order valence-corrected chi connectivity index (χ1v) is 9.99. The van der Waals surface area contributed by atoms with E-state index in [1.807, 2.05) is 24.1 Å². The first kappa shape index (κ1) is 19.8. The summed E-state index contributed by atoms with van der Waals surface area (Å²) in [6.07, 6.45) is 2.65. The molecule has 2 aliphatic rings. The number of likely N-dealkylation sites (N-methyl/N-ethyl adjacent to an activating group) is 1. The van der Waals surface area contributed by atoms with E-state index in [0.717, 1.165) is 17.1 Å². The van der Waals surface area contributed by atoms with Crippen LogP contribution < -0.4 is 15.1 Å². The Bertz CT molecular complexity index is 623. The van der Waals surface area contributed by atoms with Crippen LogP contribution in [0.3, 0.4) is 0 Å². The lowest BCUT2D eigenvalue weighted by atomic mass is 10.2. The molecule has 3 N–H and O–H groups in total. The molecule has 0 radical (unpaired) electrons. The molecule has 1 aromatic rings. The molecule has 7 nitrogen and oxygen atoms in total. The number of quaternary nitrogens is 2. The Morgan fingerprint density at radius 2 is 1.78 bits per heavy atom. The SMILES string of the molecule is C[NH+](CC(=O)Nc1ccc(C[NH+]2CCCC2)cc1)CC(=O)N1CCOCC1. The topological polar surface area (TPSA) is 67.5 Å². The number of ether oxygens (including phenoxy) is 1. The van der Waals surface area contributed by atoms with Crippen molar-refractivity contribution < 1.29 is 24.1 Å². The number of benzene rings is 1. The maximum absolute atomic E-state index is 12.3. The van der Waals surface area contributed by atoms with E-state index in [2.05, 4.69) is 17.4 Å². The third-order valence-electron chi connectivity index (χ3n) is 5.28. The molecule has 0 aliphatic carbocycles. The molecule has 148 valence electrons. The van der Waals surface area contributed by atoms with Crippen molar-refractivity contribution in [2.75, 3.05) is 64.8 Å². The smallest absolute Gasteiger partial charge is 0.279 e. The lowest BCUT2D eigenvalue weighted by Crippen LogP contribution is -3.11. The minimum atomic E-state index is -0.0693. The number of morpholine rings is 1. The standard InChI is InChI=1S/C20H30N4O3/c1-22(16-20(26)24-10-12-27-13-11-24)15-19(25)21-18-6-4-17(5-7-18)14-23-8-2-3-9-23/h4-7H,2-3,8-16H2,1H3,(H,21,25)/p+2. The molecular formula is C20H32N4O3+2. The van der Waals surface area contributed by atoms with Gasteiger partial charge in [-0.25, -0.2) is 0 Å². The monoisotopic (exact) mass is 376 g/mol. The third kappa shape index (κ3) is 6.30. The lowest BCUT2D eigenvalue weighted by molar-refractivity contribution is -0.901. The molecule has 2 saturated heterocycles. The predicted molar refractivity (Wildman–Crippen MR) is 103 cm³/mol. The molecule has 0 bridgehead atoms. The minimum Gasteiger partial charge on any atom is -0.378 e. The number of rotatable bonds is 7. The summed E-state index contributed by atoms with van der Waals surface area (Å²) < 4.78 is 5.26. The molecule has 1 aromatic carbocycles. The van der Waals surface area contributed by atoms with Gasteiger partial charge in [-0.2, -0.15) is 0 Å². The number of nitrogens with one attached hydrogen (secondary N) is 3. The van der Waals surface area contributed by atoms with E-state index in [-0.39, 0.29) is 18.4 Å². The van der Waals surface area contributed by atoms with Gasteiger partial charge in [-0.1, -0.05) is 12.1 Å². The number of carbonyl (C=O) groups is 2. The highest BCUT2D eigenvalue weighted by Gasteiger charge is 2.21. The normalized spacial score (nSPS) is 19.1. The van der Waals surface area contributed by atoms with E-state index in [0.29, 0.717) is 32.8 Å². The van der Waals surface area contributed by atoms with Crippen molar-refractivity contribution in [1.82, 2.24) is 4.90 Å². The van der Waals surface area contributed by atoms with E-state index in [9.17, 15) is 9.59 Å². The van der Waals surface area contributed by atoms with Gasteiger partial charge in [-0.15, -0.1) is 0 Å². The summed E-state index contributed by atoms with van der Waals surface area (Å²) in [5.74, 6) is 0.0116. The van der Waals surface area contributed by atoms with Crippen molar-refractivity contribution in [1.29, 1.82) is 0 Å². The fourth-order valence-electron chi connectivity index (χ4n) is 3.77. The fraction of sp³-hybridized carbons (Fsp3) is 0.600. The maximum atomic E-state index is 12.3. The average Bonchev–Trinajstić information content (AvgIpc) is 3.17. The molecule has 1 atom stereocenters. The third-order valence-corrected chi connectivity index (χ3v) is 5.28. The number of carbonyl (C=O) groups excluding carboxylic acids is 2. The zero-order valence-electron chi connectivity index (χ0n) is 16.3. The summed E-state index contributed by atoms with van der Waals surface area (Å²) in [4.78, 5) is 28.8. The number of anilines is 1. The summed E-state index contributed by atoms with van der Waals surface area (Å²) in [5, 5.41) is 2.93. The van der Waals surface area contributed by atoms with Crippen LogP contribution in [0.2, 0.25) is 0 Å². The van der Waals surface area contributed by atoms with E-state index in [4.69, 9.17) is 4.74 Å². The molecule has 0 spiro atoms. The zero-order valence-corrected chi connectivity index (χ0v) is 16.3. The lowest BCUT2D eigenvalue weighted by Gasteiger charge is -2.27. The van der Waals surface area contributed by atoms with Crippen molar-refractivity contribution in [2.45, 2.75) is 19.4 Å². The van der Waals surface area contributed by atoms with Crippen LogP contribution >= 0.6 is 0 Å². The molecule has 27 heavy (non-hydrogen) atoms. The second-order valence-electron chi connectivity index (χ2n) is 7.68. The molecule has 0 saturated carbocycles. The highest BCUT2D eigenvalue weighted by Crippen LogP contribution is 2.09. The summed E-state index contributed by atoms with van der Waals surface area (Å²) in [6, 6.07) is 8.13. The maximum Gasteiger partial charge on any atom is 0.279 e. The second-order valence-corrected chi connectivity index (χ2v) is 7.68. The van der Waals surface area contributed by atoms with Gasteiger partial charge >= 0.3 is 0 Å². The number of hydrogen-bond donors (Lipinski definition) is 3. The molecule has 0 aromatic heterocycles. The zero-order chi connectivity index (χ0) is 19.1. The molecule has 2 aliphatic heterocycles. The van der Waals surface area contributed by atoms with Crippen molar-refractivity contribution in [3.8, 4) is 0 Å². The minimum absolute atomic E-state index is 0.0693. The van der Waals surface area contributed by atoms with Crippen LogP contribution in [0.25, 0.3) is 0 Å². The molecule has 2 amide bonds.